The topological polar surface area (TPSA) is 61.4 Å². The van der Waals surface area contributed by atoms with Crippen molar-refractivity contribution in [1.82, 2.24) is 29.1 Å². The maximum Gasteiger partial charge on any atom is 0.238 e. The molecular formula is C56H34N6S. The van der Waals surface area contributed by atoms with Crippen LogP contribution in [0.25, 0.3) is 121 Å². The predicted molar refractivity (Wildman–Crippen MR) is 261 cm³/mol. The van der Waals surface area contributed by atoms with E-state index in [-0.39, 0.29) is 0 Å². The summed E-state index contributed by atoms with van der Waals surface area (Å²) in [6.45, 7) is 0. The van der Waals surface area contributed by atoms with E-state index in [1.165, 1.54) is 30.9 Å². The van der Waals surface area contributed by atoms with E-state index in [4.69, 9.17) is 19.9 Å². The van der Waals surface area contributed by atoms with Gasteiger partial charge in [-0.1, -0.05) is 146 Å². The number of rotatable bonds is 6. The largest absolute Gasteiger partial charge is 0.309 e. The molecule has 13 aromatic rings. The highest BCUT2D eigenvalue weighted by molar-refractivity contribution is 7.25. The summed E-state index contributed by atoms with van der Waals surface area (Å²) < 4.78 is 7.06. The standard InChI is InChI=1S/C56H34N6S/c1-3-13-36(14-4-1)54-58-55(37-15-5-2-6-16-37)60-56(59-54)62-49-21-11-7-17-41(49)43-29-25-39(32-51(43)62)38-26-30-50-45(31-38)42-18-8-10-20-48(42)61(50)40-27-23-35(24-28-40)47-33-46-44-19-9-12-22-52(44)63-53(46)34-57-47/h1-34H. The molecule has 5 aromatic heterocycles. The lowest BCUT2D eigenvalue weighted by Gasteiger charge is -2.11. The highest BCUT2D eigenvalue weighted by atomic mass is 32.1. The van der Waals surface area contributed by atoms with Gasteiger partial charge in [0.05, 0.1) is 32.5 Å². The number of benzene rings is 8. The molecule has 0 unspecified atom stereocenters. The summed E-state index contributed by atoms with van der Waals surface area (Å²) in [4.78, 5) is 20.2. The lowest BCUT2D eigenvalue weighted by Crippen LogP contribution is -2.06. The molecule has 0 amide bonds. The highest BCUT2D eigenvalue weighted by Gasteiger charge is 2.20. The number of nitrogens with zero attached hydrogens (tertiary/aromatic N) is 6. The van der Waals surface area contributed by atoms with Crippen LogP contribution >= 0.6 is 11.3 Å². The molecular weight excluding hydrogens is 789 g/mol. The molecule has 0 saturated carbocycles. The SMILES string of the molecule is c1ccc(-c2nc(-c3ccccc3)nc(-n3c4ccccc4c4ccc(-c5ccc6c(c5)c5ccccc5n6-c5ccc(-c6cc7c(cn6)sc6ccccc67)cc5)cc43)n2)cc1. The minimum atomic E-state index is 0.576. The van der Waals surface area contributed by atoms with E-state index in [2.05, 4.69) is 149 Å². The van der Waals surface area contributed by atoms with Gasteiger partial charge in [-0.25, -0.2) is 4.98 Å². The van der Waals surface area contributed by atoms with E-state index in [0.717, 1.165) is 72.0 Å². The number of hydrogen-bond donors (Lipinski definition) is 0. The fourth-order valence-corrected chi connectivity index (χ4v) is 10.3. The Hall–Kier alpha value is -8.26. The smallest absolute Gasteiger partial charge is 0.238 e. The summed E-state index contributed by atoms with van der Waals surface area (Å²) in [5.74, 6) is 1.83. The van der Waals surface area contributed by atoms with Crippen molar-refractivity contribution in [3.8, 4) is 56.8 Å². The number of aromatic nitrogens is 6. The molecule has 5 heterocycles. The Labute approximate surface area is 365 Å². The van der Waals surface area contributed by atoms with E-state index in [0.29, 0.717) is 17.6 Å². The zero-order chi connectivity index (χ0) is 41.4. The molecule has 0 bridgehead atoms. The van der Waals surface area contributed by atoms with Gasteiger partial charge in [-0.15, -0.1) is 11.3 Å². The van der Waals surface area contributed by atoms with Crippen molar-refractivity contribution in [2.24, 2.45) is 0 Å². The molecule has 13 rings (SSSR count). The summed E-state index contributed by atoms with van der Waals surface area (Å²) in [5, 5.41) is 7.21. The van der Waals surface area contributed by atoms with Crippen LogP contribution in [0.2, 0.25) is 0 Å². The third-order valence-electron chi connectivity index (χ3n) is 12.3. The zero-order valence-corrected chi connectivity index (χ0v) is 34.5. The molecule has 0 aliphatic rings. The number of pyridine rings is 1. The molecule has 8 aromatic carbocycles. The van der Waals surface area contributed by atoms with Crippen molar-refractivity contribution in [3.63, 3.8) is 0 Å². The first-order chi connectivity index (χ1) is 31.2. The number of hydrogen-bond acceptors (Lipinski definition) is 5. The fourth-order valence-electron chi connectivity index (χ4n) is 9.26. The lowest BCUT2D eigenvalue weighted by molar-refractivity contribution is 0.953. The van der Waals surface area contributed by atoms with Crippen molar-refractivity contribution in [2.45, 2.75) is 0 Å². The minimum Gasteiger partial charge on any atom is -0.309 e. The molecule has 0 spiro atoms. The Kier molecular flexibility index (Phi) is 7.98. The Balaban J connectivity index is 0.936. The van der Waals surface area contributed by atoms with Crippen LogP contribution in [0.15, 0.2) is 206 Å². The van der Waals surface area contributed by atoms with Gasteiger partial charge in [-0.3, -0.25) is 9.55 Å². The minimum absolute atomic E-state index is 0.576. The average molecular weight is 823 g/mol. The van der Waals surface area contributed by atoms with Gasteiger partial charge in [0.15, 0.2) is 11.6 Å². The summed E-state index contributed by atoms with van der Waals surface area (Å²) >= 11 is 1.79. The van der Waals surface area contributed by atoms with Gasteiger partial charge in [0.1, 0.15) is 0 Å². The molecule has 0 atom stereocenters. The molecule has 0 saturated heterocycles. The van der Waals surface area contributed by atoms with Crippen LogP contribution in [0.1, 0.15) is 0 Å². The number of para-hydroxylation sites is 2. The summed E-state index contributed by atoms with van der Waals surface area (Å²) in [6.07, 6.45) is 2.02. The molecule has 7 heteroatoms. The normalized spacial score (nSPS) is 11.8. The maximum absolute atomic E-state index is 5.16. The van der Waals surface area contributed by atoms with E-state index in [1.807, 2.05) is 66.9 Å². The second-order valence-electron chi connectivity index (χ2n) is 15.9. The van der Waals surface area contributed by atoms with Crippen molar-refractivity contribution >= 4 is 75.1 Å². The van der Waals surface area contributed by atoms with Crippen LogP contribution in [-0.2, 0) is 0 Å². The van der Waals surface area contributed by atoms with Crippen LogP contribution in [-0.4, -0.2) is 29.1 Å². The number of fused-ring (bicyclic) bond motifs is 9. The van der Waals surface area contributed by atoms with Crippen LogP contribution in [0.3, 0.4) is 0 Å². The second kappa shape index (κ2) is 14.2. The van der Waals surface area contributed by atoms with E-state index >= 15 is 0 Å². The number of thiophene rings is 1. The molecule has 294 valence electrons. The van der Waals surface area contributed by atoms with Gasteiger partial charge in [0.2, 0.25) is 5.95 Å². The molecule has 0 aliphatic heterocycles. The summed E-state index contributed by atoms with van der Waals surface area (Å²) in [6, 6.07) is 70.7. The van der Waals surface area contributed by atoms with Crippen molar-refractivity contribution < 1.29 is 0 Å². The van der Waals surface area contributed by atoms with Gasteiger partial charge in [0, 0.05) is 65.6 Å². The average Bonchev–Trinajstić information content (AvgIpc) is 4.01. The molecule has 0 aliphatic carbocycles. The van der Waals surface area contributed by atoms with E-state index in [9.17, 15) is 0 Å². The predicted octanol–water partition coefficient (Wildman–Crippen LogP) is 14.5. The van der Waals surface area contributed by atoms with Crippen molar-refractivity contribution in [1.29, 1.82) is 0 Å². The first-order valence-electron chi connectivity index (χ1n) is 21.0. The van der Waals surface area contributed by atoms with Crippen LogP contribution in [0, 0.1) is 0 Å². The Morgan fingerprint density at radius 3 is 1.62 bits per heavy atom. The summed E-state index contributed by atoms with van der Waals surface area (Å²) in [7, 11) is 0. The van der Waals surface area contributed by atoms with E-state index < -0.39 is 0 Å². The third kappa shape index (κ3) is 5.78. The molecule has 0 radical (unpaired) electrons. The van der Waals surface area contributed by atoms with Crippen molar-refractivity contribution in [2.75, 3.05) is 0 Å². The molecule has 0 fully saturated rings. The van der Waals surface area contributed by atoms with Gasteiger partial charge in [-0.05, 0) is 65.7 Å². The second-order valence-corrected chi connectivity index (χ2v) is 17.0. The third-order valence-corrected chi connectivity index (χ3v) is 13.4. The van der Waals surface area contributed by atoms with Gasteiger partial charge in [-0.2, -0.15) is 9.97 Å². The van der Waals surface area contributed by atoms with Gasteiger partial charge in [0.25, 0.3) is 0 Å². The molecule has 6 nitrogen and oxygen atoms in total. The molecule has 63 heavy (non-hydrogen) atoms. The maximum atomic E-state index is 5.16. The van der Waals surface area contributed by atoms with Gasteiger partial charge < -0.3 is 4.57 Å². The van der Waals surface area contributed by atoms with Crippen LogP contribution in [0.5, 0.6) is 0 Å². The van der Waals surface area contributed by atoms with Crippen LogP contribution < -0.4 is 0 Å². The summed E-state index contributed by atoms with van der Waals surface area (Å²) in [5.41, 5.74) is 11.7. The fraction of sp³-hybridized carbons (Fsp3) is 0. The zero-order valence-electron chi connectivity index (χ0n) is 33.7. The first kappa shape index (κ1) is 35.5. The van der Waals surface area contributed by atoms with Crippen LogP contribution in [0.4, 0.5) is 0 Å². The Bertz CT molecular complexity index is 3850. The monoisotopic (exact) mass is 822 g/mol. The van der Waals surface area contributed by atoms with Gasteiger partial charge >= 0.3 is 0 Å². The molecule has 0 N–H and O–H groups in total. The Morgan fingerprint density at radius 1 is 0.333 bits per heavy atom. The quantitative estimate of drug-likeness (QED) is 0.168. The van der Waals surface area contributed by atoms with E-state index in [1.54, 1.807) is 11.3 Å². The first-order valence-corrected chi connectivity index (χ1v) is 21.9. The Morgan fingerprint density at radius 2 is 0.889 bits per heavy atom. The highest BCUT2D eigenvalue weighted by Crippen LogP contribution is 2.39. The lowest BCUT2D eigenvalue weighted by atomic mass is 10.0. The van der Waals surface area contributed by atoms with Crippen molar-refractivity contribution in [3.05, 3.63) is 206 Å².